The van der Waals surface area contributed by atoms with E-state index in [1.165, 1.54) is 34.1 Å². The normalized spacial score (nSPS) is 11.2. The van der Waals surface area contributed by atoms with Gasteiger partial charge in [-0.25, -0.2) is 0 Å². The van der Waals surface area contributed by atoms with E-state index in [2.05, 4.69) is 25.9 Å². The number of carbonyl (C=O) groups excluding carboxylic acids is 1. The lowest BCUT2D eigenvalue weighted by Crippen LogP contribution is -2.39. The van der Waals surface area contributed by atoms with Gasteiger partial charge in [-0.05, 0) is 29.4 Å². The second-order valence-electron chi connectivity index (χ2n) is 5.19. The molecule has 0 aliphatic heterocycles. The summed E-state index contributed by atoms with van der Waals surface area (Å²) >= 11 is 3.31. The molecule has 0 bridgehead atoms. The van der Waals surface area contributed by atoms with Crippen LogP contribution in [0.1, 0.15) is 10.4 Å². The van der Waals surface area contributed by atoms with Gasteiger partial charge in [-0.1, -0.05) is 46.3 Å². The van der Waals surface area contributed by atoms with Crippen LogP contribution >= 0.6 is 15.9 Å². The molecule has 0 atom stereocenters. The van der Waals surface area contributed by atoms with Crippen molar-refractivity contribution in [3.63, 3.8) is 0 Å². The highest BCUT2D eigenvalue weighted by atomic mass is 79.9. The smallest absolute Gasteiger partial charge is 0.290 e. The maximum atomic E-state index is 12.2. The lowest BCUT2D eigenvalue weighted by atomic mass is 10.1. The van der Waals surface area contributed by atoms with Crippen molar-refractivity contribution >= 4 is 31.7 Å². The van der Waals surface area contributed by atoms with Gasteiger partial charge in [-0.3, -0.25) is 4.79 Å². The zero-order valence-corrected chi connectivity index (χ0v) is 15.3. The molecule has 0 aliphatic rings. The highest BCUT2D eigenvalue weighted by molar-refractivity contribution is 9.10. The Morgan fingerprint density at radius 2 is 1.80 bits per heavy atom. The summed E-state index contributed by atoms with van der Waals surface area (Å²) < 4.78 is 27.9. The summed E-state index contributed by atoms with van der Waals surface area (Å²) in [5.41, 5.74) is 0.551. The first-order chi connectivity index (χ1) is 11.9. The third-order valence-electron chi connectivity index (χ3n) is 3.33. The van der Waals surface area contributed by atoms with Gasteiger partial charge in [0.05, 0.1) is 4.90 Å². The van der Waals surface area contributed by atoms with E-state index in [1.54, 1.807) is 42.5 Å². The van der Waals surface area contributed by atoms with Gasteiger partial charge < -0.3 is 0 Å². The highest BCUT2D eigenvalue weighted by Gasteiger charge is 2.19. The molecule has 3 aromatic rings. The second kappa shape index (κ2) is 7.16. The van der Waals surface area contributed by atoms with E-state index >= 15 is 0 Å². The number of nitrogens with zero attached hydrogens (tertiary/aromatic N) is 3. The summed E-state index contributed by atoms with van der Waals surface area (Å²) in [4.78, 5) is 14.7. The Hall–Kier alpha value is -2.52. The number of Topliss-reactive ketones (excluding diaryl/α,β-unsaturated/α-hetero) is 1. The Morgan fingerprint density at radius 3 is 2.48 bits per heavy atom. The summed E-state index contributed by atoms with van der Waals surface area (Å²) in [6, 6.07) is 15.0. The van der Waals surface area contributed by atoms with Gasteiger partial charge in [0.15, 0.2) is 6.54 Å². The van der Waals surface area contributed by atoms with Gasteiger partial charge in [0.2, 0.25) is 12.1 Å². The molecule has 0 spiro atoms. The van der Waals surface area contributed by atoms with Crippen LogP contribution < -0.4 is 9.51 Å². The van der Waals surface area contributed by atoms with E-state index in [-0.39, 0.29) is 17.2 Å². The first-order valence-corrected chi connectivity index (χ1v) is 9.52. The number of nitrogens with one attached hydrogen (secondary N) is 1. The van der Waals surface area contributed by atoms with Gasteiger partial charge in [-0.2, -0.15) is 8.42 Å². The summed E-state index contributed by atoms with van der Waals surface area (Å²) in [6.45, 7) is 0.00168. The topological polar surface area (TPSA) is 84.9 Å². The van der Waals surface area contributed by atoms with Crippen molar-refractivity contribution in [2.75, 3.05) is 4.83 Å². The number of ketones is 1. The van der Waals surface area contributed by atoms with Crippen molar-refractivity contribution < 1.29 is 17.9 Å². The molecule has 3 rings (SSSR count). The van der Waals surface area contributed by atoms with Gasteiger partial charge in [0.1, 0.15) is 0 Å². The van der Waals surface area contributed by atoms with Crippen molar-refractivity contribution in [3.05, 3.63) is 77.3 Å². The average molecular weight is 422 g/mol. The maximum Gasteiger partial charge on any atom is 0.290 e. The van der Waals surface area contributed by atoms with Crippen LogP contribution in [-0.4, -0.2) is 24.0 Å². The summed E-state index contributed by atoms with van der Waals surface area (Å²) in [5, 5.41) is 4.00. The molecular formula is C16H14BrN4O3S+. The Kier molecular flexibility index (Phi) is 4.95. The van der Waals surface area contributed by atoms with Gasteiger partial charge in [0, 0.05) is 10.0 Å². The third kappa shape index (κ3) is 4.31. The fraction of sp³-hybridized carbons (Fsp3) is 0.0625. The van der Waals surface area contributed by atoms with E-state index in [4.69, 9.17) is 0 Å². The van der Waals surface area contributed by atoms with Crippen LogP contribution in [0.3, 0.4) is 0 Å². The van der Waals surface area contributed by atoms with Crippen LogP contribution in [0.25, 0.3) is 0 Å². The minimum atomic E-state index is -3.72. The first-order valence-electron chi connectivity index (χ1n) is 7.24. The van der Waals surface area contributed by atoms with Gasteiger partial charge in [0.25, 0.3) is 16.4 Å². The number of rotatable bonds is 6. The third-order valence-corrected chi connectivity index (χ3v) is 5.21. The van der Waals surface area contributed by atoms with Gasteiger partial charge >= 0.3 is 0 Å². The van der Waals surface area contributed by atoms with E-state index < -0.39 is 10.0 Å². The predicted molar refractivity (Wildman–Crippen MR) is 93.9 cm³/mol. The minimum absolute atomic E-state index is 0.00168. The predicted octanol–water partition coefficient (Wildman–Crippen LogP) is 1.75. The van der Waals surface area contributed by atoms with Crippen molar-refractivity contribution in [2.24, 2.45) is 0 Å². The number of aromatic nitrogens is 3. The number of carbonyl (C=O) groups is 1. The fourth-order valence-corrected chi connectivity index (χ4v) is 3.38. The molecule has 1 N–H and O–H groups in total. The van der Waals surface area contributed by atoms with Crippen LogP contribution in [0, 0.1) is 0 Å². The molecule has 0 aliphatic carbocycles. The molecule has 7 nitrogen and oxygen atoms in total. The largest absolute Gasteiger partial charge is 0.290 e. The van der Waals surface area contributed by atoms with Crippen molar-refractivity contribution in [2.45, 2.75) is 11.4 Å². The van der Waals surface area contributed by atoms with Crippen LogP contribution in [0.5, 0.6) is 0 Å². The fourth-order valence-electron chi connectivity index (χ4n) is 2.12. The Bertz CT molecular complexity index is 986. The molecule has 0 fully saturated rings. The molecular weight excluding hydrogens is 408 g/mol. The second-order valence-corrected chi connectivity index (χ2v) is 7.77. The minimum Gasteiger partial charge on any atom is -0.290 e. The van der Waals surface area contributed by atoms with Crippen molar-refractivity contribution in [3.8, 4) is 0 Å². The van der Waals surface area contributed by atoms with Crippen LogP contribution in [0.4, 0.5) is 0 Å². The maximum absolute atomic E-state index is 12.2. The molecule has 25 heavy (non-hydrogen) atoms. The number of halogens is 1. The number of hydrogen-bond donors (Lipinski definition) is 1. The zero-order chi connectivity index (χ0) is 17.9. The Balaban J connectivity index is 1.70. The van der Waals surface area contributed by atoms with E-state index in [1.807, 2.05) is 0 Å². The molecule has 0 radical (unpaired) electrons. The molecule has 9 heteroatoms. The standard InChI is InChI=1S/C16H14BrN4O3S/c17-14-8-6-13(7-9-14)16(22)10-20-12-21(11-18-20)19-25(23,24)15-4-2-1-3-5-15/h1-9,11-12,19H,10H2/q+1. The zero-order valence-electron chi connectivity index (χ0n) is 12.9. The Morgan fingerprint density at radius 1 is 1.12 bits per heavy atom. The molecule has 0 saturated heterocycles. The van der Waals surface area contributed by atoms with E-state index in [0.29, 0.717) is 5.56 Å². The first kappa shape index (κ1) is 17.3. The number of sulfonamides is 1. The molecule has 0 amide bonds. The SMILES string of the molecule is O=C(C[n+]1cn(NS(=O)(=O)c2ccccc2)cn1)c1ccc(Br)cc1. The monoisotopic (exact) mass is 421 g/mol. The van der Waals surface area contributed by atoms with E-state index in [0.717, 1.165) is 4.47 Å². The molecule has 0 saturated carbocycles. The molecule has 128 valence electrons. The molecule has 0 unspecified atom stereocenters. The summed E-state index contributed by atoms with van der Waals surface area (Å²) in [5.74, 6) is -0.131. The quantitative estimate of drug-likeness (QED) is 0.485. The summed E-state index contributed by atoms with van der Waals surface area (Å²) in [6.07, 6.45) is 2.69. The lowest BCUT2D eigenvalue weighted by Gasteiger charge is -2.02. The number of hydrogen-bond acceptors (Lipinski definition) is 4. The van der Waals surface area contributed by atoms with E-state index in [9.17, 15) is 13.2 Å². The average Bonchev–Trinajstić information content (AvgIpc) is 3.02. The van der Waals surface area contributed by atoms with Crippen LogP contribution in [-0.2, 0) is 16.6 Å². The van der Waals surface area contributed by atoms with Crippen LogP contribution in [0.2, 0.25) is 0 Å². The van der Waals surface area contributed by atoms with Crippen molar-refractivity contribution in [1.29, 1.82) is 0 Å². The molecule has 2 aromatic carbocycles. The number of benzene rings is 2. The highest BCUT2D eigenvalue weighted by Crippen LogP contribution is 2.11. The molecule has 1 aromatic heterocycles. The Labute approximate surface area is 153 Å². The molecule has 1 heterocycles. The van der Waals surface area contributed by atoms with Crippen molar-refractivity contribution in [1.82, 2.24) is 9.77 Å². The summed E-state index contributed by atoms with van der Waals surface area (Å²) in [7, 11) is -3.72. The lowest BCUT2D eigenvalue weighted by molar-refractivity contribution is -0.739. The van der Waals surface area contributed by atoms with Crippen LogP contribution in [0.15, 0.2) is 76.6 Å². The van der Waals surface area contributed by atoms with Gasteiger partial charge in [-0.15, -0.1) is 14.2 Å².